The molecule has 0 unspecified atom stereocenters. The molecule has 0 bridgehead atoms. The maximum atomic E-state index is 10.7. The molecule has 0 saturated carbocycles. The van der Waals surface area contributed by atoms with Crippen molar-refractivity contribution in [3.63, 3.8) is 0 Å². The fourth-order valence-corrected chi connectivity index (χ4v) is 2.96. The first-order valence-electron chi connectivity index (χ1n) is 6.59. The molecule has 0 atom stereocenters. The zero-order chi connectivity index (χ0) is 16.4. The molecule has 0 aliphatic carbocycles. The molecule has 0 fully saturated rings. The number of nitro benzene ring substituents is 1. The Balaban J connectivity index is 2.14. The maximum absolute atomic E-state index is 10.7. The van der Waals surface area contributed by atoms with E-state index in [0.29, 0.717) is 22.4 Å². The Hall–Kier alpha value is -3.24. The van der Waals surface area contributed by atoms with Crippen molar-refractivity contribution in [3.8, 4) is 27.8 Å². The van der Waals surface area contributed by atoms with Crippen molar-refractivity contribution in [2.45, 2.75) is 0 Å². The zero-order valence-electron chi connectivity index (χ0n) is 11.8. The number of thiophene rings is 1. The number of nitrogens with zero attached hydrogens (tertiary/aromatic N) is 3. The van der Waals surface area contributed by atoms with Gasteiger partial charge in [-0.1, -0.05) is 6.07 Å². The van der Waals surface area contributed by atoms with Gasteiger partial charge in [0.2, 0.25) is 0 Å². The zero-order valence-corrected chi connectivity index (χ0v) is 12.6. The number of hydrogen-bond donors (Lipinski definition) is 1. The van der Waals surface area contributed by atoms with Crippen LogP contribution in [0.3, 0.4) is 0 Å². The van der Waals surface area contributed by atoms with E-state index in [2.05, 4.69) is 11.1 Å². The van der Waals surface area contributed by atoms with Gasteiger partial charge in [0.1, 0.15) is 17.5 Å². The van der Waals surface area contributed by atoms with E-state index in [0.717, 1.165) is 4.88 Å². The van der Waals surface area contributed by atoms with Gasteiger partial charge in [0, 0.05) is 28.1 Å². The Labute approximate surface area is 135 Å². The minimum atomic E-state index is -0.457. The minimum absolute atomic E-state index is 0.00819. The van der Waals surface area contributed by atoms with Gasteiger partial charge in [-0.25, -0.2) is 4.98 Å². The number of nitrogens with two attached hydrogens (primary N) is 1. The summed E-state index contributed by atoms with van der Waals surface area (Å²) in [6.07, 6.45) is 0. The first-order chi connectivity index (χ1) is 11.1. The van der Waals surface area contributed by atoms with E-state index < -0.39 is 4.92 Å². The second-order valence-electron chi connectivity index (χ2n) is 4.71. The van der Waals surface area contributed by atoms with Gasteiger partial charge >= 0.3 is 0 Å². The predicted molar refractivity (Wildman–Crippen MR) is 88.8 cm³/mol. The largest absolute Gasteiger partial charge is 0.383 e. The Bertz CT molecular complexity index is 912. The van der Waals surface area contributed by atoms with E-state index in [-0.39, 0.29) is 11.5 Å². The standard InChI is InChI=1S/C16H10N4O2S/c17-9-13-12(15-2-1-7-23-15)8-14(19-16(13)18)10-3-5-11(6-4-10)20(21)22/h1-8H,(H2,18,19). The molecule has 0 spiro atoms. The summed E-state index contributed by atoms with van der Waals surface area (Å²) in [5.41, 5.74) is 8.24. The number of rotatable bonds is 3. The minimum Gasteiger partial charge on any atom is -0.383 e. The number of non-ortho nitro benzene ring substituents is 1. The molecule has 0 saturated heterocycles. The fraction of sp³-hybridized carbons (Fsp3) is 0. The van der Waals surface area contributed by atoms with Crippen molar-refractivity contribution < 1.29 is 4.92 Å². The van der Waals surface area contributed by atoms with Crippen molar-refractivity contribution >= 4 is 22.8 Å². The summed E-state index contributed by atoms with van der Waals surface area (Å²) >= 11 is 1.50. The van der Waals surface area contributed by atoms with Crippen LogP contribution in [0.15, 0.2) is 47.8 Å². The lowest BCUT2D eigenvalue weighted by molar-refractivity contribution is -0.384. The first kappa shape index (κ1) is 14.7. The molecule has 6 nitrogen and oxygen atoms in total. The molecule has 23 heavy (non-hydrogen) atoms. The van der Waals surface area contributed by atoms with Crippen LogP contribution in [0.2, 0.25) is 0 Å². The molecule has 0 radical (unpaired) electrons. The second-order valence-corrected chi connectivity index (χ2v) is 5.66. The summed E-state index contributed by atoms with van der Waals surface area (Å²) in [6, 6.07) is 13.7. The highest BCUT2D eigenvalue weighted by atomic mass is 32.1. The van der Waals surface area contributed by atoms with Crippen LogP contribution in [0.1, 0.15) is 5.56 Å². The van der Waals surface area contributed by atoms with E-state index in [1.165, 1.54) is 23.5 Å². The highest BCUT2D eigenvalue weighted by Crippen LogP contribution is 2.33. The highest BCUT2D eigenvalue weighted by Gasteiger charge is 2.14. The summed E-state index contributed by atoms with van der Waals surface area (Å²) < 4.78 is 0. The van der Waals surface area contributed by atoms with Crippen molar-refractivity contribution in [2.24, 2.45) is 0 Å². The quantitative estimate of drug-likeness (QED) is 0.582. The van der Waals surface area contributed by atoms with Crippen LogP contribution in [0, 0.1) is 21.4 Å². The van der Waals surface area contributed by atoms with E-state index >= 15 is 0 Å². The van der Waals surface area contributed by atoms with E-state index in [9.17, 15) is 15.4 Å². The topological polar surface area (TPSA) is 106 Å². The number of hydrogen-bond acceptors (Lipinski definition) is 6. The van der Waals surface area contributed by atoms with Gasteiger partial charge in [-0.3, -0.25) is 10.1 Å². The molecule has 7 heteroatoms. The Morgan fingerprint density at radius 1 is 1.26 bits per heavy atom. The van der Waals surface area contributed by atoms with Crippen LogP contribution in [0.25, 0.3) is 21.7 Å². The molecule has 2 aromatic heterocycles. The Kier molecular flexibility index (Phi) is 3.75. The smallest absolute Gasteiger partial charge is 0.269 e. The lowest BCUT2D eigenvalue weighted by Gasteiger charge is -2.08. The van der Waals surface area contributed by atoms with Crippen molar-refractivity contribution in [1.29, 1.82) is 5.26 Å². The number of nitro groups is 1. The Morgan fingerprint density at radius 3 is 2.57 bits per heavy atom. The molecule has 0 amide bonds. The Morgan fingerprint density at radius 2 is 2.00 bits per heavy atom. The van der Waals surface area contributed by atoms with Crippen LogP contribution in [-0.2, 0) is 0 Å². The normalized spacial score (nSPS) is 10.2. The van der Waals surface area contributed by atoms with E-state index in [4.69, 9.17) is 5.73 Å². The summed E-state index contributed by atoms with van der Waals surface area (Å²) in [5.74, 6) is 0.145. The first-order valence-corrected chi connectivity index (χ1v) is 7.47. The number of benzene rings is 1. The third kappa shape index (κ3) is 2.75. The molecular weight excluding hydrogens is 312 g/mol. The molecule has 3 rings (SSSR count). The number of nitrogen functional groups attached to an aromatic ring is 1. The van der Waals surface area contributed by atoms with Crippen molar-refractivity contribution in [1.82, 2.24) is 4.98 Å². The fourth-order valence-electron chi connectivity index (χ4n) is 2.21. The molecule has 2 heterocycles. The molecular formula is C16H10N4O2S. The third-order valence-corrected chi connectivity index (χ3v) is 4.22. The van der Waals surface area contributed by atoms with Crippen LogP contribution >= 0.6 is 11.3 Å². The average Bonchev–Trinajstić information content (AvgIpc) is 3.08. The van der Waals surface area contributed by atoms with Gasteiger partial charge in [-0.2, -0.15) is 5.26 Å². The van der Waals surface area contributed by atoms with Gasteiger partial charge in [-0.15, -0.1) is 11.3 Å². The van der Waals surface area contributed by atoms with Crippen LogP contribution < -0.4 is 5.73 Å². The van der Waals surface area contributed by atoms with Gasteiger partial charge in [-0.05, 0) is 29.6 Å². The monoisotopic (exact) mass is 322 g/mol. The number of anilines is 1. The second kappa shape index (κ2) is 5.87. The molecule has 3 aromatic rings. The molecule has 2 N–H and O–H groups in total. The van der Waals surface area contributed by atoms with Crippen molar-refractivity contribution in [3.05, 3.63) is 63.5 Å². The van der Waals surface area contributed by atoms with E-state index in [1.807, 2.05) is 17.5 Å². The third-order valence-electron chi connectivity index (χ3n) is 3.32. The van der Waals surface area contributed by atoms with Crippen LogP contribution in [0.4, 0.5) is 11.5 Å². The average molecular weight is 322 g/mol. The summed E-state index contributed by atoms with van der Waals surface area (Å²) in [5, 5.41) is 22.0. The van der Waals surface area contributed by atoms with Gasteiger partial charge in [0.05, 0.1) is 10.6 Å². The molecule has 1 aromatic carbocycles. The van der Waals surface area contributed by atoms with Crippen LogP contribution in [0.5, 0.6) is 0 Å². The molecule has 112 valence electrons. The lowest BCUT2D eigenvalue weighted by atomic mass is 10.0. The predicted octanol–water partition coefficient (Wildman–Crippen LogP) is 3.84. The molecule has 0 aliphatic rings. The number of pyridine rings is 1. The molecule has 0 aliphatic heterocycles. The van der Waals surface area contributed by atoms with Crippen LogP contribution in [-0.4, -0.2) is 9.91 Å². The van der Waals surface area contributed by atoms with Gasteiger partial charge in [0.25, 0.3) is 5.69 Å². The summed E-state index contributed by atoms with van der Waals surface area (Å²) in [6.45, 7) is 0. The number of nitriles is 1. The lowest BCUT2D eigenvalue weighted by Crippen LogP contribution is -1.99. The van der Waals surface area contributed by atoms with E-state index in [1.54, 1.807) is 18.2 Å². The SMILES string of the molecule is N#Cc1c(-c2cccs2)cc(-c2ccc([N+](=O)[O-])cc2)nc1N. The van der Waals surface area contributed by atoms with Gasteiger partial charge in [0.15, 0.2) is 0 Å². The van der Waals surface area contributed by atoms with Gasteiger partial charge < -0.3 is 5.73 Å². The summed E-state index contributed by atoms with van der Waals surface area (Å²) in [4.78, 5) is 15.4. The maximum Gasteiger partial charge on any atom is 0.269 e. The number of aromatic nitrogens is 1. The summed E-state index contributed by atoms with van der Waals surface area (Å²) in [7, 11) is 0. The van der Waals surface area contributed by atoms with Crippen molar-refractivity contribution in [2.75, 3.05) is 5.73 Å². The highest BCUT2D eigenvalue weighted by molar-refractivity contribution is 7.13.